The Balaban J connectivity index is 0.00000200. The van der Waals surface area contributed by atoms with Crippen molar-refractivity contribution in [3.8, 4) is 0 Å². The van der Waals surface area contributed by atoms with Gasteiger partial charge in [-0.05, 0) is 37.1 Å². The van der Waals surface area contributed by atoms with Crippen molar-refractivity contribution in [2.75, 3.05) is 11.1 Å². The molecule has 0 unspecified atom stereocenters. The predicted octanol–water partition coefficient (Wildman–Crippen LogP) is 2.61. The lowest BCUT2D eigenvalue weighted by atomic mass is 10.1. The average Bonchev–Trinajstić information content (AvgIpc) is 2.70. The minimum absolute atomic E-state index is 0. The molecule has 0 aromatic carbocycles. The molecule has 0 atom stereocenters. The molecule has 0 aliphatic carbocycles. The minimum atomic E-state index is -0.136. The van der Waals surface area contributed by atoms with Gasteiger partial charge in [-0.3, -0.25) is 4.79 Å². The number of hydrogen-bond acceptors (Lipinski definition) is 5. The monoisotopic (exact) mass is 316 g/mol. The van der Waals surface area contributed by atoms with Crippen LogP contribution in [0.1, 0.15) is 17.7 Å². The number of carbonyl (C=O) groups is 1. The van der Waals surface area contributed by atoms with Crippen molar-refractivity contribution < 1.29 is 9.32 Å². The summed E-state index contributed by atoms with van der Waals surface area (Å²) < 4.78 is 4.82. The third kappa shape index (κ3) is 4.11. The van der Waals surface area contributed by atoms with E-state index < -0.39 is 0 Å². The fraction of sp³-hybridized carbons (Fsp3) is 0.250. The maximum absolute atomic E-state index is 11.8. The highest BCUT2D eigenvalue weighted by Crippen LogP contribution is 2.20. The molecule has 0 aliphatic heterocycles. The number of rotatable bonds is 4. The Morgan fingerprint density at radius 2 is 2.25 bits per heavy atom. The second kappa shape index (κ2) is 7.12. The fourth-order valence-electron chi connectivity index (χ4n) is 1.58. The molecule has 0 saturated heterocycles. The summed E-state index contributed by atoms with van der Waals surface area (Å²) in [6.07, 6.45) is 2.26. The molecule has 0 saturated carbocycles. The molecule has 2 aromatic rings. The molecule has 1 amide bonds. The van der Waals surface area contributed by atoms with Gasteiger partial charge in [-0.15, -0.1) is 12.4 Å². The Bertz CT molecular complexity index is 564. The number of nitrogens with one attached hydrogen (secondary N) is 1. The van der Waals surface area contributed by atoms with Crippen LogP contribution in [0.25, 0.3) is 0 Å². The number of aromatic nitrogens is 2. The first-order valence-electron chi connectivity index (χ1n) is 5.68. The Hall–Kier alpha value is -1.79. The summed E-state index contributed by atoms with van der Waals surface area (Å²) in [6.45, 7) is 1.78. The van der Waals surface area contributed by atoms with Crippen molar-refractivity contribution in [3.63, 3.8) is 0 Å². The van der Waals surface area contributed by atoms with Crippen LogP contribution in [0.5, 0.6) is 0 Å². The number of nitrogen functional groups attached to an aromatic ring is 1. The first kappa shape index (κ1) is 16.3. The Kier molecular flexibility index (Phi) is 5.79. The minimum Gasteiger partial charge on any atom is -0.384 e. The van der Waals surface area contributed by atoms with Gasteiger partial charge in [0.1, 0.15) is 5.82 Å². The van der Waals surface area contributed by atoms with E-state index in [9.17, 15) is 4.79 Å². The van der Waals surface area contributed by atoms with Gasteiger partial charge < -0.3 is 15.6 Å². The number of carbonyl (C=O) groups excluding carboxylic acids is 1. The van der Waals surface area contributed by atoms with E-state index in [1.54, 1.807) is 19.1 Å². The first-order chi connectivity index (χ1) is 9.06. The first-order valence-corrected chi connectivity index (χ1v) is 6.06. The summed E-state index contributed by atoms with van der Waals surface area (Å²) >= 11 is 5.82. The SMILES string of the molecule is Cc1noc(Cl)c1CCC(=O)Nc1ccc(N)nc1.Cl. The lowest BCUT2D eigenvalue weighted by Crippen LogP contribution is -2.12. The lowest BCUT2D eigenvalue weighted by Gasteiger charge is -2.04. The van der Waals surface area contributed by atoms with Gasteiger partial charge in [0.25, 0.3) is 0 Å². The number of anilines is 2. The molecular formula is C12H14Cl2N4O2. The van der Waals surface area contributed by atoms with Gasteiger partial charge in [0.2, 0.25) is 11.1 Å². The molecule has 0 spiro atoms. The van der Waals surface area contributed by atoms with Crippen LogP contribution < -0.4 is 11.1 Å². The molecule has 108 valence electrons. The van der Waals surface area contributed by atoms with Gasteiger partial charge in [0, 0.05) is 12.0 Å². The van der Waals surface area contributed by atoms with Crippen LogP contribution in [-0.4, -0.2) is 16.0 Å². The maximum Gasteiger partial charge on any atom is 0.229 e. The van der Waals surface area contributed by atoms with E-state index in [1.807, 2.05) is 0 Å². The van der Waals surface area contributed by atoms with Gasteiger partial charge in [-0.1, -0.05) is 5.16 Å². The van der Waals surface area contributed by atoms with E-state index in [0.717, 1.165) is 5.56 Å². The quantitative estimate of drug-likeness (QED) is 0.904. The van der Waals surface area contributed by atoms with Crippen LogP contribution in [-0.2, 0) is 11.2 Å². The summed E-state index contributed by atoms with van der Waals surface area (Å²) in [5, 5.41) is 6.68. The van der Waals surface area contributed by atoms with E-state index in [2.05, 4.69) is 15.5 Å². The second-order valence-electron chi connectivity index (χ2n) is 4.04. The number of pyridine rings is 1. The Labute approximate surface area is 127 Å². The third-order valence-corrected chi connectivity index (χ3v) is 2.91. The molecule has 2 rings (SSSR count). The van der Waals surface area contributed by atoms with Gasteiger partial charge in [0.05, 0.1) is 17.6 Å². The van der Waals surface area contributed by atoms with Gasteiger partial charge in [-0.25, -0.2) is 4.98 Å². The molecular weight excluding hydrogens is 303 g/mol. The van der Waals surface area contributed by atoms with E-state index >= 15 is 0 Å². The van der Waals surface area contributed by atoms with Gasteiger partial charge in [0.15, 0.2) is 0 Å². The van der Waals surface area contributed by atoms with Crippen molar-refractivity contribution >= 4 is 41.4 Å². The molecule has 2 aromatic heterocycles. The molecule has 6 nitrogen and oxygen atoms in total. The predicted molar refractivity (Wildman–Crippen MR) is 79.1 cm³/mol. The molecule has 20 heavy (non-hydrogen) atoms. The molecule has 8 heteroatoms. The molecule has 0 bridgehead atoms. The van der Waals surface area contributed by atoms with Gasteiger partial charge >= 0.3 is 0 Å². The lowest BCUT2D eigenvalue weighted by molar-refractivity contribution is -0.116. The van der Waals surface area contributed by atoms with Crippen LogP contribution in [0.15, 0.2) is 22.9 Å². The summed E-state index contributed by atoms with van der Waals surface area (Å²) in [6, 6.07) is 3.31. The van der Waals surface area contributed by atoms with Crippen molar-refractivity contribution in [3.05, 3.63) is 34.8 Å². The van der Waals surface area contributed by atoms with E-state index in [4.69, 9.17) is 21.9 Å². The molecule has 0 aliphatic rings. The average molecular weight is 317 g/mol. The van der Waals surface area contributed by atoms with Crippen molar-refractivity contribution in [1.29, 1.82) is 0 Å². The van der Waals surface area contributed by atoms with Crippen molar-refractivity contribution in [2.45, 2.75) is 19.8 Å². The molecule has 0 radical (unpaired) electrons. The summed E-state index contributed by atoms with van der Waals surface area (Å²) in [5.74, 6) is 0.271. The van der Waals surface area contributed by atoms with Crippen molar-refractivity contribution in [2.24, 2.45) is 0 Å². The number of amides is 1. The second-order valence-corrected chi connectivity index (χ2v) is 4.38. The number of nitrogens with two attached hydrogens (primary N) is 1. The highest BCUT2D eigenvalue weighted by molar-refractivity contribution is 6.29. The zero-order chi connectivity index (χ0) is 13.8. The zero-order valence-corrected chi connectivity index (χ0v) is 12.3. The standard InChI is InChI=1S/C12H13ClN4O2.ClH/c1-7-9(12(13)19-17-7)3-5-11(18)16-8-2-4-10(14)15-6-8;/h2,4,6H,3,5H2,1H3,(H2,14,15)(H,16,18);1H. The van der Waals surface area contributed by atoms with Crippen LogP contribution >= 0.6 is 24.0 Å². The molecule has 2 heterocycles. The molecule has 3 N–H and O–H groups in total. The number of aryl methyl sites for hydroxylation is 1. The smallest absolute Gasteiger partial charge is 0.229 e. The van der Waals surface area contributed by atoms with Crippen LogP contribution in [0.3, 0.4) is 0 Å². The summed E-state index contributed by atoms with van der Waals surface area (Å²) in [5.41, 5.74) is 7.52. The Morgan fingerprint density at radius 1 is 1.50 bits per heavy atom. The summed E-state index contributed by atoms with van der Waals surface area (Å²) in [4.78, 5) is 15.6. The van der Waals surface area contributed by atoms with E-state index in [1.165, 1.54) is 6.20 Å². The number of halogens is 2. The highest BCUT2D eigenvalue weighted by Gasteiger charge is 2.12. The van der Waals surface area contributed by atoms with Crippen LogP contribution in [0, 0.1) is 6.92 Å². The third-order valence-electron chi connectivity index (χ3n) is 2.61. The fourth-order valence-corrected chi connectivity index (χ4v) is 1.85. The largest absolute Gasteiger partial charge is 0.384 e. The molecule has 0 fully saturated rings. The highest BCUT2D eigenvalue weighted by atomic mass is 35.5. The number of nitrogens with zero attached hydrogens (tertiary/aromatic N) is 2. The number of hydrogen-bond donors (Lipinski definition) is 2. The maximum atomic E-state index is 11.8. The Morgan fingerprint density at radius 3 is 2.80 bits per heavy atom. The van der Waals surface area contributed by atoms with E-state index in [-0.39, 0.29) is 30.0 Å². The zero-order valence-electron chi connectivity index (χ0n) is 10.7. The van der Waals surface area contributed by atoms with Gasteiger partial charge in [-0.2, -0.15) is 0 Å². The van der Waals surface area contributed by atoms with Crippen LogP contribution in [0.4, 0.5) is 11.5 Å². The normalized spacial score (nSPS) is 9.90. The van der Waals surface area contributed by atoms with E-state index in [0.29, 0.717) is 23.6 Å². The summed E-state index contributed by atoms with van der Waals surface area (Å²) in [7, 11) is 0. The van der Waals surface area contributed by atoms with Crippen LogP contribution in [0.2, 0.25) is 5.22 Å². The topological polar surface area (TPSA) is 94.0 Å². The van der Waals surface area contributed by atoms with Crippen molar-refractivity contribution in [1.82, 2.24) is 10.1 Å².